The van der Waals surface area contributed by atoms with Gasteiger partial charge in [0.15, 0.2) is 0 Å². The molecule has 0 aliphatic carbocycles. The summed E-state index contributed by atoms with van der Waals surface area (Å²) in [6, 6.07) is 9.26. The van der Waals surface area contributed by atoms with Crippen molar-refractivity contribution in [1.29, 1.82) is 0 Å². The summed E-state index contributed by atoms with van der Waals surface area (Å²) < 4.78 is 10.4. The van der Waals surface area contributed by atoms with Crippen molar-refractivity contribution in [3.8, 4) is 0 Å². The van der Waals surface area contributed by atoms with Crippen LogP contribution < -0.4 is 0 Å². The minimum absolute atomic E-state index is 0.121. The Kier molecular flexibility index (Phi) is 4.80. The molecule has 1 fully saturated rings. The lowest BCUT2D eigenvalue weighted by Crippen LogP contribution is -2.58. The summed E-state index contributed by atoms with van der Waals surface area (Å²) in [6.45, 7) is 0.765. The molecule has 0 radical (unpaired) electrons. The number of carboxylic acid groups (broad SMARTS) is 1. The standard InChI is InChI=1S/C15H19NO5/c1-16(15(13(17)18)7-9-20-10-8-15)14(19)21-11-12-5-3-2-4-6-12/h2-6H,7-11H2,1H3,(H,17,18). The van der Waals surface area contributed by atoms with E-state index in [0.29, 0.717) is 13.2 Å². The summed E-state index contributed by atoms with van der Waals surface area (Å²) in [5, 5.41) is 9.49. The Hall–Kier alpha value is -2.08. The first-order chi connectivity index (χ1) is 10.1. The molecule has 0 saturated carbocycles. The Morgan fingerprint density at radius 2 is 1.90 bits per heavy atom. The molecule has 0 aromatic heterocycles. The van der Waals surface area contributed by atoms with Gasteiger partial charge in [-0.3, -0.25) is 4.90 Å². The number of carbonyl (C=O) groups excluding carboxylic acids is 1. The van der Waals surface area contributed by atoms with Gasteiger partial charge in [-0.2, -0.15) is 0 Å². The van der Waals surface area contributed by atoms with Gasteiger partial charge in [0.05, 0.1) is 0 Å². The monoisotopic (exact) mass is 293 g/mol. The molecule has 6 heteroatoms. The normalized spacial score (nSPS) is 17.0. The minimum Gasteiger partial charge on any atom is -0.479 e. The molecule has 1 N–H and O–H groups in total. The molecule has 0 unspecified atom stereocenters. The van der Waals surface area contributed by atoms with Gasteiger partial charge in [0.25, 0.3) is 0 Å². The van der Waals surface area contributed by atoms with Crippen LogP contribution in [0.5, 0.6) is 0 Å². The van der Waals surface area contributed by atoms with Crippen molar-refractivity contribution in [1.82, 2.24) is 4.90 Å². The molecular weight excluding hydrogens is 274 g/mol. The van der Waals surface area contributed by atoms with Crippen molar-refractivity contribution in [2.24, 2.45) is 0 Å². The molecule has 21 heavy (non-hydrogen) atoms. The largest absolute Gasteiger partial charge is 0.479 e. The second-order valence-corrected chi connectivity index (χ2v) is 5.05. The van der Waals surface area contributed by atoms with Crippen molar-refractivity contribution in [3.05, 3.63) is 35.9 Å². The fraction of sp³-hybridized carbons (Fsp3) is 0.467. The number of benzene rings is 1. The van der Waals surface area contributed by atoms with Gasteiger partial charge in [0, 0.05) is 33.1 Å². The van der Waals surface area contributed by atoms with Gasteiger partial charge in [0.2, 0.25) is 0 Å². The van der Waals surface area contributed by atoms with E-state index in [2.05, 4.69) is 0 Å². The molecule has 2 rings (SSSR count). The smallest absolute Gasteiger partial charge is 0.410 e. The van der Waals surface area contributed by atoms with Crippen LogP contribution in [0.15, 0.2) is 30.3 Å². The van der Waals surface area contributed by atoms with Crippen molar-refractivity contribution >= 4 is 12.1 Å². The van der Waals surface area contributed by atoms with Crippen molar-refractivity contribution < 1.29 is 24.2 Å². The maximum Gasteiger partial charge on any atom is 0.410 e. The molecule has 6 nitrogen and oxygen atoms in total. The van der Waals surface area contributed by atoms with E-state index < -0.39 is 17.6 Å². The summed E-state index contributed by atoms with van der Waals surface area (Å²) in [5.41, 5.74) is -0.387. The molecule has 1 aromatic rings. The lowest BCUT2D eigenvalue weighted by molar-refractivity contribution is -0.156. The van der Waals surface area contributed by atoms with E-state index in [4.69, 9.17) is 9.47 Å². The number of carboxylic acids is 1. The third kappa shape index (κ3) is 3.33. The number of hydrogen-bond donors (Lipinski definition) is 1. The van der Waals surface area contributed by atoms with Crippen LogP contribution in [0.3, 0.4) is 0 Å². The molecule has 0 spiro atoms. The summed E-state index contributed by atoms with van der Waals surface area (Å²) in [5.74, 6) is -1.02. The topological polar surface area (TPSA) is 76.1 Å². The van der Waals surface area contributed by atoms with Crippen LogP contribution in [0, 0.1) is 0 Å². The first-order valence-electron chi connectivity index (χ1n) is 6.82. The number of hydrogen-bond acceptors (Lipinski definition) is 4. The second-order valence-electron chi connectivity index (χ2n) is 5.05. The molecule has 1 amide bonds. The van der Waals surface area contributed by atoms with Gasteiger partial charge >= 0.3 is 12.1 Å². The van der Waals surface area contributed by atoms with Crippen molar-refractivity contribution in [3.63, 3.8) is 0 Å². The lowest BCUT2D eigenvalue weighted by Gasteiger charge is -2.39. The predicted octanol–water partition coefficient (Wildman–Crippen LogP) is 1.89. The molecule has 0 bridgehead atoms. The Morgan fingerprint density at radius 1 is 1.29 bits per heavy atom. The summed E-state index contributed by atoms with van der Waals surface area (Å²) in [4.78, 5) is 24.9. The van der Waals surface area contributed by atoms with E-state index in [0.717, 1.165) is 5.56 Å². The SMILES string of the molecule is CN(C(=O)OCc1ccccc1)C1(C(=O)O)CCOCC1. The van der Waals surface area contributed by atoms with E-state index in [9.17, 15) is 14.7 Å². The third-order valence-electron chi connectivity index (χ3n) is 3.84. The Morgan fingerprint density at radius 3 is 2.48 bits per heavy atom. The zero-order valence-corrected chi connectivity index (χ0v) is 11.9. The van der Waals surface area contributed by atoms with Crippen molar-refractivity contribution in [2.75, 3.05) is 20.3 Å². The van der Waals surface area contributed by atoms with E-state index in [1.165, 1.54) is 11.9 Å². The molecule has 1 heterocycles. The van der Waals surface area contributed by atoms with Gasteiger partial charge in [0.1, 0.15) is 12.1 Å². The van der Waals surface area contributed by atoms with Gasteiger partial charge in [-0.15, -0.1) is 0 Å². The molecule has 114 valence electrons. The first-order valence-corrected chi connectivity index (χ1v) is 6.82. The Bertz CT molecular complexity index is 496. The molecule has 1 aliphatic heterocycles. The number of likely N-dealkylation sites (N-methyl/N-ethyl adjacent to an activating group) is 1. The fourth-order valence-corrected chi connectivity index (χ4v) is 2.39. The minimum atomic E-state index is -1.24. The number of carbonyl (C=O) groups is 2. The second kappa shape index (κ2) is 6.58. The van der Waals surface area contributed by atoms with Crippen molar-refractivity contribution in [2.45, 2.75) is 25.0 Å². The van der Waals surface area contributed by atoms with Crippen LogP contribution >= 0.6 is 0 Å². The van der Waals surface area contributed by atoms with Crippen LogP contribution in [0.2, 0.25) is 0 Å². The molecule has 0 atom stereocenters. The first kappa shape index (κ1) is 15.3. The lowest BCUT2D eigenvalue weighted by atomic mass is 9.89. The number of nitrogens with zero attached hydrogens (tertiary/aromatic N) is 1. The van der Waals surface area contributed by atoms with Gasteiger partial charge < -0.3 is 14.6 Å². The van der Waals surface area contributed by atoms with Crippen LogP contribution in [-0.2, 0) is 20.9 Å². The number of rotatable bonds is 4. The zero-order chi connectivity index (χ0) is 15.3. The molecule has 1 aromatic carbocycles. The van der Waals surface area contributed by atoms with E-state index in [1.807, 2.05) is 30.3 Å². The van der Waals surface area contributed by atoms with Gasteiger partial charge in [-0.05, 0) is 5.56 Å². The van der Waals surface area contributed by atoms with Gasteiger partial charge in [-0.1, -0.05) is 30.3 Å². The highest BCUT2D eigenvalue weighted by Crippen LogP contribution is 2.28. The van der Waals surface area contributed by atoms with Crippen LogP contribution in [0.1, 0.15) is 18.4 Å². The summed E-state index contributed by atoms with van der Waals surface area (Å²) >= 11 is 0. The van der Waals surface area contributed by atoms with E-state index in [1.54, 1.807) is 0 Å². The number of ether oxygens (including phenoxy) is 2. The molecular formula is C15H19NO5. The summed E-state index contributed by atoms with van der Waals surface area (Å²) in [7, 11) is 1.47. The quantitative estimate of drug-likeness (QED) is 0.917. The highest BCUT2D eigenvalue weighted by atomic mass is 16.6. The predicted molar refractivity (Wildman–Crippen MR) is 74.8 cm³/mol. The van der Waals surface area contributed by atoms with E-state index >= 15 is 0 Å². The number of amides is 1. The molecule has 1 aliphatic rings. The maximum absolute atomic E-state index is 12.1. The number of aliphatic carboxylic acids is 1. The van der Waals surface area contributed by atoms with E-state index in [-0.39, 0.29) is 19.4 Å². The van der Waals surface area contributed by atoms with Gasteiger partial charge in [-0.25, -0.2) is 9.59 Å². The van der Waals surface area contributed by atoms with Crippen LogP contribution in [0.25, 0.3) is 0 Å². The van der Waals surface area contributed by atoms with Crippen LogP contribution in [-0.4, -0.2) is 47.9 Å². The molecule has 1 saturated heterocycles. The average molecular weight is 293 g/mol. The maximum atomic E-state index is 12.1. The Labute approximate surface area is 123 Å². The van der Waals surface area contributed by atoms with Crippen LogP contribution in [0.4, 0.5) is 4.79 Å². The fourth-order valence-electron chi connectivity index (χ4n) is 2.39. The highest BCUT2D eigenvalue weighted by Gasteiger charge is 2.46. The Balaban J connectivity index is 2.01. The average Bonchev–Trinajstić information content (AvgIpc) is 2.53. The summed E-state index contributed by atoms with van der Waals surface area (Å²) in [6.07, 6.45) is -0.110. The zero-order valence-electron chi connectivity index (χ0n) is 11.9. The highest BCUT2D eigenvalue weighted by molar-refractivity contribution is 5.84. The third-order valence-corrected chi connectivity index (χ3v) is 3.84.